The Morgan fingerprint density at radius 2 is 2.00 bits per heavy atom. The maximum absolute atomic E-state index is 12.0. The van der Waals surface area contributed by atoms with Crippen LogP contribution in [0, 0.1) is 0 Å². The van der Waals surface area contributed by atoms with E-state index in [1.165, 1.54) is 12.5 Å². The third-order valence-electron chi connectivity index (χ3n) is 3.23. The van der Waals surface area contributed by atoms with Crippen molar-refractivity contribution in [3.63, 3.8) is 0 Å². The van der Waals surface area contributed by atoms with Crippen LogP contribution in [0.4, 0.5) is 4.79 Å². The highest BCUT2D eigenvalue weighted by Crippen LogP contribution is 2.04. The number of nitrogens with two attached hydrogens (primary N) is 1. The van der Waals surface area contributed by atoms with Crippen LogP contribution >= 0.6 is 0 Å². The molecule has 0 radical (unpaired) electrons. The van der Waals surface area contributed by atoms with Crippen LogP contribution in [-0.4, -0.2) is 45.2 Å². The van der Waals surface area contributed by atoms with Gasteiger partial charge in [0.2, 0.25) is 5.91 Å². The zero-order valence-electron chi connectivity index (χ0n) is 13.3. The van der Waals surface area contributed by atoms with E-state index in [9.17, 15) is 14.4 Å². The predicted molar refractivity (Wildman–Crippen MR) is 86.6 cm³/mol. The summed E-state index contributed by atoms with van der Waals surface area (Å²) in [6, 6.07) is 8.25. The number of imidazole rings is 1. The van der Waals surface area contributed by atoms with Crippen LogP contribution in [-0.2, 0) is 27.4 Å². The fourth-order valence-electron chi connectivity index (χ4n) is 1.97. The van der Waals surface area contributed by atoms with Gasteiger partial charge in [0.15, 0.2) is 0 Å². The number of amides is 1. The Kier molecular flexibility index (Phi) is 6.24. The summed E-state index contributed by atoms with van der Waals surface area (Å²) in [6.45, 7) is -0.378. The van der Waals surface area contributed by atoms with Crippen molar-refractivity contribution in [1.82, 2.24) is 14.9 Å². The van der Waals surface area contributed by atoms with Gasteiger partial charge in [-0.3, -0.25) is 9.59 Å². The Morgan fingerprint density at radius 3 is 2.68 bits per heavy atom. The topological polar surface area (TPSA) is 137 Å². The first-order valence-electron chi connectivity index (χ1n) is 7.44. The maximum Gasteiger partial charge on any atom is 0.419 e. The molecule has 1 amide bonds. The van der Waals surface area contributed by atoms with Gasteiger partial charge in [0, 0.05) is 12.6 Å². The molecule has 4 N–H and O–H groups in total. The molecule has 0 fully saturated rings. The molecule has 2 rings (SSSR count). The van der Waals surface area contributed by atoms with Gasteiger partial charge < -0.3 is 20.9 Å². The standard InChI is InChI=1S/C16H18N4O5/c17-13(15(23)18-7-14(21)22)6-12-8-20(10-19-12)16(24)25-9-11-4-2-1-3-5-11/h1-5,8,10,13H,6-7,9,17H2,(H,18,23)(H,21,22)/t13-/m0/s1. The second-order valence-electron chi connectivity index (χ2n) is 5.23. The van der Waals surface area contributed by atoms with Crippen molar-refractivity contribution >= 4 is 18.0 Å². The molecule has 2 aromatic rings. The molecule has 0 aliphatic rings. The number of nitrogens with zero attached hydrogens (tertiary/aromatic N) is 2. The molecular formula is C16H18N4O5. The van der Waals surface area contributed by atoms with Crippen molar-refractivity contribution in [3.8, 4) is 0 Å². The number of carboxylic acids is 1. The number of nitrogens with one attached hydrogen (secondary N) is 1. The Bertz CT molecular complexity index is 744. The third kappa shape index (κ3) is 5.74. The first-order chi connectivity index (χ1) is 12.0. The number of aliphatic carboxylic acids is 1. The summed E-state index contributed by atoms with van der Waals surface area (Å²) >= 11 is 0. The summed E-state index contributed by atoms with van der Waals surface area (Å²) < 4.78 is 6.31. The highest BCUT2D eigenvalue weighted by atomic mass is 16.5. The zero-order chi connectivity index (χ0) is 18.2. The Morgan fingerprint density at radius 1 is 1.28 bits per heavy atom. The average Bonchev–Trinajstić information content (AvgIpc) is 3.07. The number of ether oxygens (including phenoxy) is 1. The Balaban J connectivity index is 1.85. The molecule has 0 saturated carbocycles. The van der Waals surface area contributed by atoms with Gasteiger partial charge in [-0.05, 0) is 5.56 Å². The molecule has 1 aromatic carbocycles. The number of hydrogen-bond donors (Lipinski definition) is 3. The molecular weight excluding hydrogens is 328 g/mol. The van der Waals surface area contributed by atoms with E-state index in [0.717, 1.165) is 10.1 Å². The van der Waals surface area contributed by atoms with Gasteiger partial charge >= 0.3 is 12.1 Å². The molecule has 0 spiro atoms. The molecule has 9 heteroatoms. The first kappa shape index (κ1) is 18.1. The van der Waals surface area contributed by atoms with E-state index >= 15 is 0 Å². The number of carboxylic acid groups (broad SMARTS) is 1. The van der Waals surface area contributed by atoms with E-state index in [-0.39, 0.29) is 13.0 Å². The van der Waals surface area contributed by atoms with Gasteiger partial charge in [0.05, 0.1) is 11.7 Å². The summed E-state index contributed by atoms with van der Waals surface area (Å²) in [7, 11) is 0. The minimum atomic E-state index is -1.16. The minimum absolute atomic E-state index is 0.0599. The zero-order valence-corrected chi connectivity index (χ0v) is 13.3. The van der Waals surface area contributed by atoms with Crippen LogP contribution in [0.1, 0.15) is 11.3 Å². The Hall–Kier alpha value is -3.20. The maximum atomic E-state index is 12.0. The SMILES string of the molecule is N[C@@H](Cc1cn(C(=O)OCc2ccccc2)cn1)C(=O)NCC(=O)O. The molecule has 9 nitrogen and oxygen atoms in total. The lowest BCUT2D eigenvalue weighted by molar-refractivity contribution is -0.138. The third-order valence-corrected chi connectivity index (χ3v) is 3.23. The van der Waals surface area contributed by atoms with Crippen molar-refractivity contribution in [3.05, 3.63) is 54.1 Å². The van der Waals surface area contributed by atoms with E-state index in [2.05, 4.69) is 10.3 Å². The fourth-order valence-corrected chi connectivity index (χ4v) is 1.97. The highest BCUT2D eigenvalue weighted by molar-refractivity contribution is 5.85. The molecule has 1 atom stereocenters. The molecule has 0 bridgehead atoms. The van der Waals surface area contributed by atoms with Crippen molar-refractivity contribution in [1.29, 1.82) is 0 Å². The molecule has 1 heterocycles. The highest BCUT2D eigenvalue weighted by Gasteiger charge is 2.17. The fraction of sp³-hybridized carbons (Fsp3) is 0.250. The van der Waals surface area contributed by atoms with Crippen LogP contribution < -0.4 is 11.1 Å². The van der Waals surface area contributed by atoms with Crippen LogP contribution in [0.2, 0.25) is 0 Å². The van der Waals surface area contributed by atoms with E-state index in [4.69, 9.17) is 15.6 Å². The number of benzene rings is 1. The van der Waals surface area contributed by atoms with Crippen LogP contribution in [0.25, 0.3) is 0 Å². The second kappa shape index (κ2) is 8.60. The van der Waals surface area contributed by atoms with E-state index in [0.29, 0.717) is 5.69 Å². The number of hydrogen-bond acceptors (Lipinski definition) is 6. The van der Waals surface area contributed by atoms with Gasteiger partial charge in [-0.1, -0.05) is 30.3 Å². The lowest BCUT2D eigenvalue weighted by Gasteiger charge is -2.09. The van der Waals surface area contributed by atoms with Crippen LogP contribution in [0.5, 0.6) is 0 Å². The molecule has 25 heavy (non-hydrogen) atoms. The van der Waals surface area contributed by atoms with Gasteiger partial charge in [-0.15, -0.1) is 0 Å². The minimum Gasteiger partial charge on any atom is -0.480 e. The summed E-state index contributed by atoms with van der Waals surface area (Å²) in [4.78, 5) is 38.0. The summed E-state index contributed by atoms with van der Waals surface area (Å²) in [6.07, 6.45) is 2.14. The lowest BCUT2D eigenvalue weighted by atomic mass is 10.1. The Labute approximate surface area is 143 Å². The normalized spacial score (nSPS) is 11.6. The predicted octanol–water partition coefficient (Wildman–Crippen LogP) is 0.139. The largest absolute Gasteiger partial charge is 0.480 e. The smallest absolute Gasteiger partial charge is 0.419 e. The lowest BCUT2D eigenvalue weighted by Crippen LogP contribution is -2.43. The first-order valence-corrected chi connectivity index (χ1v) is 7.44. The average molecular weight is 346 g/mol. The van der Waals surface area contributed by atoms with Crippen LogP contribution in [0.15, 0.2) is 42.9 Å². The van der Waals surface area contributed by atoms with E-state index < -0.39 is 30.6 Å². The number of carbonyl (C=O) groups excluding carboxylic acids is 2. The summed E-state index contributed by atoms with van der Waals surface area (Å²) in [5.41, 5.74) is 6.95. The van der Waals surface area contributed by atoms with Crippen molar-refractivity contribution in [2.24, 2.45) is 5.73 Å². The van der Waals surface area contributed by atoms with Crippen molar-refractivity contribution in [2.45, 2.75) is 19.1 Å². The molecule has 0 aliphatic carbocycles. The van der Waals surface area contributed by atoms with Crippen molar-refractivity contribution in [2.75, 3.05) is 6.54 Å². The number of rotatable bonds is 7. The van der Waals surface area contributed by atoms with Gasteiger partial charge in [0.1, 0.15) is 19.5 Å². The molecule has 132 valence electrons. The van der Waals surface area contributed by atoms with Crippen LogP contribution in [0.3, 0.4) is 0 Å². The van der Waals surface area contributed by atoms with E-state index in [1.54, 1.807) is 0 Å². The van der Waals surface area contributed by atoms with Gasteiger partial charge in [-0.2, -0.15) is 0 Å². The molecule has 0 unspecified atom stereocenters. The van der Waals surface area contributed by atoms with Gasteiger partial charge in [-0.25, -0.2) is 14.3 Å². The summed E-state index contributed by atoms with van der Waals surface area (Å²) in [5.74, 6) is -1.77. The van der Waals surface area contributed by atoms with E-state index in [1.807, 2.05) is 30.3 Å². The second-order valence-corrected chi connectivity index (χ2v) is 5.23. The van der Waals surface area contributed by atoms with Crippen molar-refractivity contribution < 1.29 is 24.2 Å². The number of carbonyl (C=O) groups is 3. The quantitative estimate of drug-likeness (QED) is 0.648. The van der Waals surface area contributed by atoms with Gasteiger partial charge in [0.25, 0.3) is 0 Å². The monoisotopic (exact) mass is 346 g/mol. The summed E-state index contributed by atoms with van der Waals surface area (Å²) in [5, 5.41) is 10.7. The molecule has 0 saturated heterocycles. The molecule has 0 aliphatic heterocycles. The number of aromatic nitrogens is 2. The molecule has 1 aromatic heterocycles.